The van der Waals surface area contributed by atoms with Gasteiger partial charge in [0.1, 0.15) is 0 Å². The van der Waals surface area contributed by atoms with Crippen LogP contribution in [0.4, 0.5) is 0 Å². The fourth-order valence-corrected chi connectivity index (χ4v) is 4.27. The van der Waals surface area contributed by atoms with E-state index in [0.29, 0.717) is 31.8 Å². The van der Waals surface area contributed by atoms with Gasteiger partial charge in [-0.25, -0.2) is 0 Å². The van der Waals surface area contributed by atoms with Crippen molar-refractivity contribution in [3.63, 3.8) is 0 Å². The summed E-state index contributed by atoms with van der Waals surface area (Å²) in [6.45, 7) is 6.59. The van der Waals surface area contributed by atoms with Gasteiger partial charge < -0.3 is 42.2 Å². The molecular weight excluding hydrogens is 434 g/mol. The summed E-state index contributed by atoms with van der Waals surface area (Å²) in [5.41, 5.74) is 11.9. The first-order valence-corrected chi connectivity index (χ1v) is 11.2. The minimum absolute atomic E-state index is 0.175. The highest BCUT2D eigenvalue weighted by atomic mass is 16.4. The predicted molar refractivity (Wildman–Crippen MR) is 121 cm³/mol. The highest BCUT2D eigenvalue weighted by Crippen LogP contribution is 2.35. The molecule has 2 aliphatic heterocycles. The number of carbonyl (C=O) groups excluding carboxylic acids is 4. The van der Waals surface area contributed by atoms with Crippen molar-refractivity contribution in [2.24, 2.45) is 22.3 Å². The molecule has 0 amide bonds. The van der Waals surface area contributed by atoms with Crippen LogP contribution in [0.1, 0.15) is 45.4 Å². The summed E-state index contributed by atoms with van der Waals surface area (Å²) < 4.78 is 0. The summed E-state index contributed by atoms with van der Waals surface area (Å²) in [7, 11) is -2.33. The van der Waals surface area contributed by atoms with Crippen LogP contribution in [0.15, 0.2) is 0 Å². The molecule has 0 aliphatic carbocycles. The van der Waals surface area contributed by atoms with Gasteiger partial charge in [0.05, 0.1) is 0 Å². The van der Waals surface area contributed by atoms with E-state index in [2.05, 4.69) is 17.6 Å². The summed E-state index contributed by atoms with van der Waals surface area (Å²) in [6.07, 6.45) is 7.29. The molecular formula is C19H40B2N4O8. The lowest BCUT2D eigenvalue weighted by atomic mass is 9.73. The largest absolute Gasteiger partial charge is 0.451 e. The van der Waals surface area contributed by atoms with Crippen LogP contribution < -0.4 is 22.1 Å². The molecule has 0 aromatic heterocycles. The summed E-state index contributed by atoms with van der Waals surface area (Å²) in [5.74, 6) is 0. The molecule has 2 aliphatic rings. The molecule has 0 aromatic carbocycles. The van der Waals surface area contributed by atoms with Gasteiger partial charge in [-0.3, -0.25) is 0 Å². The van der Waals surface area contributed by atoms with E-state index in [-0.39, 0.29) is 23.1 Å². The Labute approximate surface area is 196 Å². The maximum absolute atomic E-state index is 8.76. The van der Waals surface area contributed by atoms with Crippen LogP contribution in [0.3, 0.4) is 0 Å². The van der Waals surface area contributed by atoms with Crippen molar-refractivity contribution in [3.05, 3.63) is 0 Å². The molecule has 12 nitrogen and oxygen atoms in total. The van der Waals surface area contributed by atoms with E-state index in [1.165, 1.54) is 0 Å². The average molecular weight is 474 g/mol. The van der Waals surface area contributed by atoms with Gasteiger partial charge in [0, 0.05) is 12.6 Å². The van der Waals surface area contributed by atoms with Crippen LogP contribution in [0.25, 0.3) is 0 Å². The second-order valence-electron chi connectivity index (χ2n) is 8.54. The van der Waals surface area contributed by atoms with Gasteiger partial charge >= 0.3 is 26.5 Å². The van der Waals surface area contributed by atoms with Crippen molar-refractivity contribution in [3.8, 4) is 0 Å². The van der Waals surface area contributed by atoms with Gasteiger partial charge in [-0.2, -0.15) is 19.2 Å². The predicted octanol–water partition coefficient (Wildman–Crippen LogP) is -2.42. The molecule has 0 radical (unpaired) electrons. The number of hydrogen-bond donors (Lipinski definition) is 8. The van der Waals surface area contributed by atoms with Crippen LogP contribution in [0.2, 0.25) is 12.6 Å². The van der Waals surface area contributed by atoms with Crippen molar-refractivity contribution in [1.29, 1.82) is 0 Å². The molecule has 2 rings (SSSR count). The number of rotatable bonds is 10. The maximum atomic E-state index is 8.76. The first-order chi connectivity index (χ1) is 15.6. The topological polar surface area (TPSA) is 225 Å². The van der Waals surface area contributed by atoms with Crippen molar-refractivity contribution >= 4 is 26.5 Å². The van der Waals surface area contributed by atoms with Gasteiger partial charge in [-0.1, -0.05) is 12.8 Å². The van der Waals surface area contributed by atoms with Crippen LogP contribution >= 0.6 is 0 Å². The smallest absolute Gasteiger partial charge is 0.427 e. The van der Waals surface area contributed by atoms with Gasteiger partial charge in [0.2, 0.25) is 0 Å². The lowest BCUT2D eigenvalue weighted by Gasteiger charge is -2.31. The summed E-state index contributed by atoms with van der Waals surface area (Å²) >= 11 is 0. The number of nitrogens with two attached hydrogens (primary N) is 2. The van der Waals surface area contributed by atoms with Gasteiger partial charge in [0.15, 0.2) is 0 Å². The minimum atomic E-state index is -1.17. The van der Waals surface area contributed by atoms with Crippen molar-refractivity contribution in [1.82, 2.24) is 10.6 Å². The summed E-state index contributed by atoms with van der Waals surface area (Å²) in [6, 6.07) is 0.448. The van der Waals surface area contributed by atoms with E-state index in [9.17, 15) is 0 Å². The molecule has 10 N–H and O–H groups in total. The monoisotopic (exact) mass is 474 g/mol. The zero-order valence-corrected chi connectivity index (χ0v) is 19.5. The van der Waals surface area contributed by atoms with Crippen LogP contribution in [-0.2, 0) is 19.2 Å². The molecule has 2 heterocycles. The third-order valence-corrected chi connectivity index (χ3v) is 6.47. The summed E-state index contributed by atoms with van der Waals surface area (Å²) in [5, 5.41) is 41.6. The second kappa shape index (κ2) is 20.0. The fraction of sp³-hybridized carbons (Fsp3) is 0.895. The van der Waals surface area contributed by atoms with E-state index in [0.717, 1.165) is 58.2 Å². The second-order valence-corrected chi connectivity index (χ2v) is 8.54. The van der Waals surface area contributed by atoms with Crippen molar-refractivity contribution < 1.29 is 39.3 Å². The minimum Gasteiger partial charge on any atom is -0.427 e. The molecule has 0 unspecified atom stereocenters. The summed E-state index contributed by atoms with van der Waals surface area (Å²) in [4.78, 5) is 32.5. The van der Waals surface area contributed by atoms with E-state index in [1.54, 1.807) is 0 Å². The Morgan fingerprint density at radius 2 is 1.39 bits per heavy atom. The van der Waals surface area contributed by atoms with Gasteiger partial charge in [-0.05, 0) is 82.3 Å². The van der Waals surface area contributed by atoms with E-state index >= 15 is 0 Å². The maximum Gasteiger partial charge on any atom is 0.451 e. The molecule has 0 aromatic rings. The molecule has 2 saturated heterocycles. The van der Waals surface area contributed by atoms with Gasteiger partial charge in [-0.15, -0.1) is 0 Å². The Morgan fingerprint density at radius 1 is 0.879 bits per heavy atom. The van der Waals surface area contributed by atoms with Crippen molar-refractivity contribution in [2.45, 2.75) is 64.1 Å². The van der Waals surface area contributed by atoms with Gasteiger partial charge in [0.25, 0.3) is 0 Å². The molecule has 0 bridgehead atoms. The van der Waals surface area contributed by atoms with Crippen LogP contribution in [0.5, 0.6) is 0 Å². The molecule has 2 fully saturated rings. The Hall–Kier alpha value is -1.43. The zero-order chi connectivity index (χ0) is 25.8. The SMILES string of the molecule is C[C@H]1NCC[C@@]1(CN)CCCB(O)O.NC[C@@]1(CCCB(O)O)CCNC1.O=C=O.O=C=O. The third kappa shape index (κ3) is 15.2. The molecule has 33 heavy (non-hydrogen) atoms. The third-order valence-electron chi connectivity index (χ3n) is 6.47. The molecule has 0 saturated carbocycles. The van der Waals surface area contributed by atoms with Crippen LogP contribution in [-0.4, -0.2) is 85.4 Å². The average Bonchev–Trinajstić information content (AvgIpc) is 3.37. The number of nitrogens with one attached hydrogen (secondary N) is 2. The van der Waals surface area contributed by atoms with E-state index in [4.69, 9.17) is 50.7 Å². The molecule has 190 valence electrons. The quantitative estimate of drug-likeness (QED) is 0.155. The Balaban J connectivity index is 0. The molecule has 0 spiro atoms. The first-order valence-electron chi connectivity index (χ1n) is 11.2. The Bertz CT molecular complexity index is 544. The zero-order valence-electron chi connectivity index (χ0n) is 19.5. The molecule has 14 heteroatoms. The first kappa shape index (κ1) is 33.7. The standard InChI is InChI=1S/C9H21BN2O2.C8H19BN2O2.2CO2/c1-8-9(7-11,4-6-12-8)3-2-5-10(13)14;10-6-8(3-5-11-7-8)2-1-4-9(12)13;2*2-1-3/h8,12-14H,2-7,11H2,1H3;11-13H,1-7,10H2;;/t8-,9-;8-;;/m11../s1. The van der Waals surface area contributed by atoms with E-state index < -0.39 is 14.2 Å². The molecule has 3 atom stereocenters. The fourth-order valence-electron chi connectivity index (χ4n) is 4.27. The van der Waals surface area contributed by atoms with Crippen LogP contribution in [0, 0.1) is 10.8 Å². The highest BCUT2D eigenvalue weighted by molar-refractivity contribution is 6.41. The number of hydrogen-bond acceptors (Lipinski definition) is 12. The lowest BCUT2D eigenvalue weighted by molar-refractivity contribution is -0.193. The normalized spacial score (nSPS) is 25.1. The van der Waals surface area contributed by atoms with E-state index in [1.807, 2.05) is 0 Å². The lowest BCUT2D eigenvalue weighted by Crippen LogP contribution is -2.40. The highest BCUT2D eigenvalue weighted by Gasteiger charge is 2.38. The van der Waals surface area contributed by atoms with Crippen molar-refractivity contribution in [2.75, 3.05) is 32.7 Å². The Kier molecular flexibility index (Phi) is 20.4. The Morgan fingerprint density at radius 3 is 1.73 bits per heavy atom.